The Hall–Kier alpha value is -2.86. The molecule has 2 atom stereocenters. The molecule has 0 aliphatic carbocycles. The summed E-state index contributed by atoms with van der Waals surface area (Å²) < 4.78 is 0. The molecule has 6 nitrogen and oxygen atoms in total. The molecule has 2 aromatic rings. The van der Waals surface area contributed by atoms with Crippen LogP contribution < -0.4 is 16.0 Å². The molecule has 2 aromatic carbocycles. The normalized spacial score (nSPS) is 22.6. The highest BCUT2D eigenvalue weighted by molar-refractivity contribution is 5.97. The van der Waals surface area contributed by atoms with Gasteiger partial charge in [0.25, 0.3) is 5.91 Å². The fourth-order valence-electron chi connectivity index (χ4n) is 3.73. The molecule has 2 fully saturated rings. The number of urea groups is 1. The van der Waals surface area contributed by atoms with Gasteiger partial charge < -0.3 is 16.0 Å². The molecule has 4 rings (SSSR count). The van der Waals surface area contributed by atoms with Gasteiger partial charge in [0.15, 0.2) is 0 Å². The Labute approximate surface area is 152 Å². The van der Waals surface area contributed by atoms with E-state index in [0.717, 1.165) is 5.69 Å². The molecule has 134 valence electrons. The van der Waals surface area contributed by atoms with E-state index in [1.807, 2.05) is 35.2 Å². The van der Waals surface area contributed by atoms with Crippen molar-refractivity contribution < 1.29 is 9.59 Å². The predicted octanol–water partition coefficient (Wildman–Crippen LogP) is 1.78. The molecule has 0 spiro atoms. The Morgan fingerprint density at radius 3 is 2.42 bits per heavy atom. The minimum absolute atomic E-state index is 0.0173. The number of rotatable bonds is 3. The van der Waals surface area contributed by atoms with Crippen LogP contribution in [0.4, 0.5) is 10.5 Å². The Balaban J connectivity index is 1.47. The highest BCUT2D eigenvalue weighted by atomic mass is 16.2. The van der Waals surface area contributed by atoms with Gasteiger partial charge in [0.05, 0.1) is 0 Å². The highest BCUT2D eigenvalue weighted by Gasteiger charge is 2.34. The van der Waals surface area contributed by atoms with Crippen LogP contribution >= 0.6 is 0 Å². The number of anilines is 1. The van der Waals surface area contributed by atoms with Gasteiger partial charge >= 0.3 is 6.03 Å². The largest absolute Gasteiger partial charge is 0.336 e. The summed E-state index contributed by atoms with van der Waals surface area (Å²) in [5, 5.41) is 2.77. The molecular weight excluding hydrogens is 328 g/mol. The molecule has 0 bridgehead atoms. The monoisotopic (exact) mass is 350 g/mol. The van der Waals surface area contributed by atoms with Crippen LogP contribution in [0, 0.1) is 0 Å². The summed E-state index contributed by atoms with van der Waals surface area (Å²) >= 11 is 0. The van der Waals surface area contributed by atoms with Crippen molar-refractivity contribution in [2.75, 3.05) is 31.1 Å². The number of carbonyl (C=O) groups is 2. The van der Waals surface area contributed by atoms with Gasteiger partial charge in [-0.2, -0.15) is 0 Å². The number of amides is 3. The van der Waals surface area contributed by atoms with E-state index in [-0.39, 0.29) is 23.9 Å². The number of hydrogen-bond donors (Lipinski definition) is 2. The van der Waals surface area contributed by atoms with E-state index in [9.17, 15) is 9.59 Å². The number of benzene rings is 2. The maximum absolute atomic E-state index is 12.8. The van der Waals surface area contributed by atoms with Crippen molar-refractivity contribution in [1.82, 2.24) is 10.2 Å². The predicted molar refractivity (Wildman–Crippen MR) is 100 cm³/mol. The second kappa shape index (κ2) is 6.80. The van der Waals surface area contributed by atoms with Crippen LogP contribution in [0.5, 0.6) is 0 Å². The summed E-state index contributed by atoms with van der Waals surface area (Å²) in [5.74, 6) is 0.143. The minimum atomic E-state index is -0.0969. The first kappa shape index (κ1) is 16.6. The maximum Gasteiger partial charge on any atom is 0.321 e. The van der Waals surface area contributed by atoms with Crippen molar-refractivity contribution in [3.63, 3.8) is 0 Å². The zero-order valence-corrected chi connectivity index (χ0v) is 14.5. The summed E-state index contributed by atoms with van der Waals surface area (Å²) in [6.07, 6.45) is 0. The number of nitrogens with two attached hydrogens (primary N) is 1. The lowest BCUT2D eigenvalue weighted by atomic mass is 9.95. The quantitative estimate of drug-likeness (QED) is 0.886. The first-order valence-corrected chi connectivity index (χ1v) is 8.89. The third-order valence-electron chi connectivity index (χ3n) is 5.16. The zero-order valence-electron chi connectivity index (χ0n) is 14.5. The minimum Gasteiger partial charge on any atom is -0.336 e. The fourth-order valence-corrected chi connectivity index (χ4v) is 3.73. The van der Waals surface area contributed by atoms with E-state index in [2.05, 4.69) is 17.4 Å². The smallest absolute Gasteiger partial charge is 0.321 e. The highest BCUT2D eigenvalue weighted by Crippen LogP contribution is 2.28. The number of hydrogen-bond acceptors (Lipinski definition) is 3. The van der Waals surface area contributed by atoms with Gasteiger partial charge in [-0.1, -0.05) is 30.3 Å². The number of nitrogens with zero attached hydrogens (tertiary/aromatic N) is 2. The summed E-state index contributed by atoms with van der Waals surface area (Å²) in [5.41, 5.74) is 8.89. The van der Waals surface area contributed by atoms with E-state index in [1.54, 1.807) is 17.0 Å². The van der Waals surface area contributed by atoms with E-state index < -0.39 is 0 Å². The van der Waals surface area contributed by atoms with Crippen LogP contribution in [-0.4, -0.2) is 49.1 Å². The summed E-state index contributed by atoms with van der Waals surface area (Å²) in [6.45, 7) is 2.47. The average Bonchev–Trinajstić information content (AvgIpc) is 3.28. The summed E-state index contributed by atoms with van der Waals surface area (Å²) in [7, 11) is 0. The molecule has 0 unspecified atom stereocenters. The van der Waals surface area contributed by atoms with Gasteiger partial charge in [-0.15, -0.1) is 0 Å². The molecule has 2 aliphatic rings. The van der Waals surface area contributed by atoms with Crippen molar-refractivity contribution in [2.24, 2.45) is 5.73 Å². The van der Waals surface area contributed by atoms with Gasteiger partial charge in [-0.05, 0) is 29.8 Å². The molecule has 0 saturated carbocycles. The average molecular weight is 350 g/mol. The molecule has 2 saturated heterocycles. The summed E-state index contributed by atoms with van der Waals surface area (Å²) in [6, 6.07) is 17.2. The lowest BCUT2D eigenvalue weighted by Gasteiger charge is -2.18. The van der Waals surface area contributed by atoms with Gasteiger partial charge in [0.2, 0.25) is 0 Å². The van der Waals surface area contributed by atoms with E-state index >= 15 is 0 Å². The lowest BCUT2D eigenvalue weighted by molar-refractivity contribution is 0.0789. The second-order valence-electron chi connectivity index (χ2n) is 6.82. The van der Waals surface area contributed by atoms with Gasteiger partial charge in [0, 0.05) is 49.4 Å². The van der Waals surface area contributed by atoms with Crippen molar-refractivity contribution in [3.8, 4) is 0 Å². The second-order valence-corrected chi connectivity index (χ2v) is 6.82. The molecule has 0 radical (unpaired) electrons. The van der Waals surface area contributed by atoms with Crippen molar-refractivity contribution >= 4 is 17.6 Å². The van der Waals surface area contributed by atoms with Crippen molar-refractivity contribution in [3.05, 3.63) is 65.7 Å². The van der Waals surface area contributed by atoms with Gasteiger partial charge in [0.1, 0.15) is 0 Å². The van der Waals surface area contributed by atoms with Gasteiger partial charge in [-0.3, -0.25) is 9.69 Å². The number of likely N-dealkylation sites (tertiary alicyclic amines) is 1. The lowest BCUT2D eigenvalue weighted by Crippen LogP contribution is -2.32. The SMILES string of the molecule is N[C@@H]1CN(C(=O)c2ccc(N3CCNC3=O)cc2)C[C@H]1c1ccccc1. The molecule has 26 heavy (non-hydrogen) atoms. The van der Waals surface area contributed by atoms with Crippen LogP contribution in [0.3, 0.4) is 0 Å². The molecular formula is C20H22N4O2. The van der Waals surface area contributed by atoms with E-state index in [0.29, 0.717) is 31.7 Å². The van der Waals surface area contributed by atoms with E-state index in [1.165, 1.54) is 5.56 Å². The van der Waals surface area contributed by atoms with E-state index in [4.69, 9.17) is 5.73 Å². The van der Waals surface area contributed by atoms with Crippen LogP contribution in [0.25, 0.3) is 0 Å². The number of nitrogens with one attached hydrogen (secondary N) is 1. The van der Waals surface area contributed by atoms with Crippen LogP contribution in [-0.2, 0) is 0 Å². The Kier molecular flexibility index (Phi) is 4.34. The fraction of sp³-hybridized carbons (Fsp3) is 0.300. The molecule has 3 amide bonds. The molecule has 6 heteroatoms. The summed E-state index contributed by atoms with van der Waals surface area (Å²) in [4.78, 5) is 28.1. The Morgan fingerprint density at radius 2 is 1.77 bits per heavy atom. The maximum atomic E-state index is 12.8. The third kappa shape index (κ3) is 3.04. The third-order valence-corrected chi connectivity index (χ3v) is 5.16. The first-order chi connectivity index (χ1) is 12.6. The van der Waals surface area contributed by atoms with Crippen LogP contribution in [0.1, 0.15) is 21.8 Å². The standard InChI is InChI=1S/C20H22N4O2/c21-18-13-23(12-17(18)14-4-2-1-3-5-14)19(25)15-6-8-16(9-7-15)24-11-10-22-20(24)26/h1-9,17-18H,10-13,21H2,(H,22,26)/t17-,18+/m0/s1. The molecule has 2 aliphatic heterocycles. The first-order valence-electron chi connectivity index (χ1n) is 8.89. The van der Waals surface area contributed by atoms with Gasteiger partial charge in [-0.25, -0.2) is 4.79 Å². The topological polar surface area (TPSA) is 78.7 Å². The number of carbonyl (C=O) groups excluding carboxylic acids is 2. The van der Waals surface area contributed by atoms with Crippen molar-refractivity contribution in [2.45, 2.75) is 12.0 Å². The Morgan fingerprint density at radius 1 is 1.04 bits per heavy atom. The Bertz CT molecular complexity index is 806. The molecule has 3 N–H and O–H groups in total. The zero-order chi connectivity index (χ0) is 18.1. The van der Waals surface area contributed by atoms with Crippen LogP contribution in [0.15, 0.2) is 54.6 Å². The van der Waals surface area contributed by atoms with Crippen molar-refractivity contribution in [1.29, 1.82) is 0 Å². The van der Waals surface area contributed by atoms with Crippen LogP contribution in [0.2, 0.25) is 0 Å². The molecule has 0 aromatic heterocycles. The molecule has 2 heterocycles.